The first-order valence-corrected chi connectivity index (χ1v) is 2.71. The summed E-state index contributed by atoms with van der Waals surface area (Å²) >= 11 is 0. The van der Waals surface area contributed by atoms with Crippen molar-refractivity contribution in [3.05, 3.63) is 33.1 Å². The van der Waals surface area contributed by atoms with Gasteiger partial charge in [0.2, 0.25) is 0 Å². The Kier molecular flexibility index (Phi) is 1.86. The summed E-state index contributed by atoms with van der Waals surface area (Å²) in [5.74, 6) is 0. The van der Waals surface area contributed by atoms with Gasteiger partial charge in [-0.25, -0.2) is 4.79 Å². The monoisotopic (exact) mass is 154 g/mol. The highest BCUT2D eigenvalue weighted by molar-refractivity contribution is 5.44. The molecular formula is C5H4N3O3. The zero-order chi connectivity index (χ0) is 8.27. The summed E-state index contributed by atoms with van der Waals surface area (Å²) in [6.07, 6.45) is 1.30. The highest BCUT2D eigenvalue weighted by Crippen LogP contribution is 1.60. The van der Waals surface area contributed by atoms with Crippen LogP contribution in [0.2, 0.25) is 0 Å². The first-order valence-electron chi connectivity index (χ1n) is 2.71. The molecule has 0 aromatic carbocycles. The molecule has 1 heterocycles. The van der Waals surface area contributed by atoms with Gasteiger partial charge in [-0.2, -0.15) is 0 Å². The molecule has 1 radical (unpaired) electrons. The molecule has 0 aliphatic rings. The molecule has 0 saturated heterocycles. The van der Waals surface area contributed by atoms with Crippen LogP contribution in [0, 0.1) is 0 Å². The zero-order valence-corrected chi connectivity index (χ0v) is 5.35. The number of aromatic amines is 1. The van der Waals surface area contributed by atoms with E-state index in [1.165, 1.54) is 6.20 Å². The van der Waals surface area contributed by atoms with Crippen molar-refractivity contribution in [1.82, 2.24) is 15.1 Å². The van der Waals surface area contributed by atoms with Crippen molar-refractivity contribution in [3.8, 4) is 0 Å². The van der Waals surface area contributed by atoms with Gasteiger partial charge in [0.25, 0.3) is 12.0 Å². The molecule has 11 heavy (non-hydrogen) atoms. The van der Waals surface area contributed by atoms with Crippen molar-refractivity contribution >= 4 is 6.41 Å². The van der Waals surface area contributed by atoms with Gasteiger partial charge in [0.15, 0.2) is 0 Å². The van der Waals surface area contributed by atoms with E-state index in [0.717, 1.165) is 6.07 Å². The van der Waals surface area contributed by atoms with Gasteiger partial charge in [-0.1, -0.05) is 0 Å². The average molecular weight is 154 g/mol. The summed E-state index contributed by atoms with van der Waals surface area (Å²) in [5.41, 5.74) is 1.62. The first-order chi connectivity index (χ1) is 5.25. The molecule has 0 atom stereocenters. The number of amides is 1. The molecule has 0 spiro atoms. The van der Waals surface area contributed by atoms with Crippen LogP contribution in [0.25, 0.3) is 0 Å². The quantitative estimate of drug-likeness (QED) is 0.503. The molecule has 0 unspecified atom stereocenters. The number of rotatable bonds is 2. The summed E-state index contributed by atoms with van der Waals surface area (Å²) in [4.78, 5) is 33.4. The van der Waals surface area contributed by atoms with Gasteiger partial charge in [-0.3, -0.25) is 9.59 Å². The molecule has 1 N–H and O–H groups in total. The van der Waals surface area contributed by atoms with Gasteiger partial charge in [0, 0.05) is 12.3 Å². The highest BCUT2D eigenvalue weighted by Gasteiger charge is 1.97. The van der Waals surface area contributed by atoms with Crippen molar-refractivity contribution in [1.29, 1.82) is 0 Å². The van der Waals surface area contributed by atoms with E-state index >= 15 is 0 Å². The van der Waals surface area contributed by atoms with Gasteiger partial charge < -0.3 is 4.98 Å². The van der Waals surface area contributed by atoms with Crippen LogP contribution in [-0.2, 0) is 4.79 Å². The van der Waals surface area contributed by atoms with Crippen LogP contribution < -0.4 is 16.7 Å². The molecule has 0 fully saturated rings. The molecular weight excluding hydrogens is 150 g/mol. The van der Waals surface area contributed by atoms with Crippen LogP contribution in [0.4, 0.5) is 0 Å². The van der Waals surface area contributed by atoms with Crippen molar-refractivity contribution < 1.29 is 4.79 Å². The van der Waals surface area contributed by atoms with E-state index in [0.29, 0.717) is 4.68 Å². The normalized spacial score (nSPS) is 9.09. The Morgan fingerprint density at radius 3 is 2.82 bits per heavy atom. The van der Waals surface area contributed by atoms with E-state index in [9.17, 15) is 14.4 Å². The van der Waals surface area contributed by atoms with Gasteiger partial charge in [-0.15, -0.1) is 10.1 Å². The van der Waals surface area contributed by atoms with Crippen LogP contribution in [0.5, 0.6) is 0 Å². The molecule has 1 aromatic rings. The lowest BCUT2D eigenvalue weighted by atomic mass is 10.7. The Hall–Kier alpha value is -1.85. The third-order valence-electron chi connectivity index (χ3n) is 0.996. The Balaban J connectivity index is 3.32. The summed E-state index contributed by atoms with van der Waals surface area (Å²) in [7, 11) is 0. The standard InChI is InChI=1S/C5H4N3O3/c9-3-7-8-4(10)1-2-6-5(8)11/h1-3H,(H,6,11). The van der Waals surface area contributed by atoms with Crippen LogP contribution in [0.3, 0.4) is 0 Å². The Morgan fingerprint density at radius 2 is 2.27 bits per heavy atom. The third kappa shape index (κ3) is 1.34. The van der Waals surface area contributed by atoms with E-state index in [2.05, 4.69) is 10.4 Å². The number of hydrogen-bond acceptors (Lipinski definition) is 3. The van der Waals surface area contributed by atoms with Gasteiger partial charge in [-0.05, 0) is 0 Å². The van der Waals surface area contributed by atoms with Crippen LogP contribution >= 0.6 is 0 Å². The molecule has 1 amide bonds. The fraction of sp³-hybridized carbons (Fsp3) is 0. The largest absolute Gasteiger partial charge is 0.349 e. The van der Waals surface area contributed by atoms with E-state index < -0.39 is 11.2 Å². The zero-order valence-electron chi connectivity index (χ0n) is 5.35. The minimum Gasteiger partial charge on any atom is -0.312 e. The van der Waals surface area contributed by atoms with Crippen molar-refractivity contribution in [2.75, 3.05) is 0 Å². The lowest BCUT2D eigenvalue weighted by Crippen LogP contribution is -2.39. The highest BCUT2D eigenvalue weighted by atomic mass is 16.2. The predicted molar refractivity (Wildman–Crippen MR) is 34.9 cm³/mol. The Morgan fingerprint density at radius 1 is 1.55 bits per heavy atom. The third-order valence-corrected chi connectivity index (χ3v) is 0.996. The van der Waals surface area contributed by atoms with Crippen molar-refractivity contribution in [2.24, 2.45) is 0 Å². The SMILES string of the molecule is O=C[N]n1c(=O)cc[nH]c1=O. The van der Waals surface area contributed by atoms with Crippen LogP contribution in [0.15, 0.2) is 21.9 Å². The van der Waals surface area contributed by atoms with E-state index in [1.807, 2.05) is 0 Å². The molecule has 6 heteroatoms. The second-order valence-corrected chi connectivity index (χ2v) is 1.65. The number of aromatic nitrogens is 2. The number of nitrogens with one attached hydrogen (secondary N) is 1. The van der Waals surface area contributed by atoms with E-state index in [4.69, 9.17) is 0 Å². The van der Waals surface area contributed by atoms with Gasteiger partial charge in [0.1, 0.15) is 0 Å². The molecule has 57 valence electrons. The lowest BCUT2D eigenvalue weighted by molar-refractivity contribution is -0.110. The van der Waals surface area contributed by atoms with Crippen molar-refractivity contribution in [2.45, 2.75) is 0 Å². The number of hydrogen-bond donors (Lipinski definition) is 1. The van der Waals surface area contributed by atoms with Crippen molar-refractivity contribution in [3.63, 3.8) is 0 Å². The molecule has 0 saturated carbocycles. The van der Waals surface area contributed by atoms with Gasteiger partial charge >= 0.3 is 5.69 Å². The smallest absolute Gasteiger partial charge is 0.312 e. The Bertz CT molecular complexity index is 335. The number of H-pyrrole nitrogens is 1. The second-order valence-electron chi connectivity index (χ2n) is 1.65. The molecule has 1 rings (SSSR count). The summed E-state index contributed by atoms with van der Waals surface area (Å²) in [6.45, 7) is 0. The van der Waals surface area contributed by atoms with Gasteiger partial charge in [0.05, 0.1) is 0 Å². The first kappa shape index (κ1) is 7.26. The number of carbonyl (C=O) groups is 1. The summed E-state index contributed by atoms with van der Waals surface area (Å²) in [5, 5.41) is 0. The molecule has 0 aliphatic carbocycles. The maximum absolute atomic E-state index is 10.7. The van der Waals surface area contributed by atoms with E-state index in [-0.39, 0.29) is 6.41 Å². The molecule has 0 aliphatic heterocycles. The molecule has 1 aromatic heterocycles. The maximum atomic E-state index is 10.7. The minimum absolute atomic E-state index is 0.122. The lowest BCUT2D eigenvalue weighted by Gasteiger charge is -1.93. The van der Waals surface area contributed by atoms with Crippen LogP contribution in [-0.4, -0.2) is 16.1 Å². The molecule has 6 nitrogen and oxygen atoms in total. The predicted octanol–water partition coefficient (Wildman–Crippen LogP) is -1.94. The topological polar surface area (TPSA) is 86.0 Å². The fourth-order valence-corrected chi connectivity index (χ4v) is 0.573. The average Bonchev–Trinajstić information content (AvgIpc) is 1.97. The maximum Gasteiger partial charge on any atom is 0.349 e. The number of nitrogens with zero attached hydrogens (tertiary/aromatic N) is 2. The summed E-state index contributed by atoms with van der Waals surface area (Å²) < 4.78 is 0.437. The number of carbonyl (C=O) groups excluding carboxylic acids is 1. The van der Waals surface area contributed by atoms with Crippen LogP contribution in [0.1, 0.15) is 0 Å². The fourth-order valence-electron chi connectivity index (χ4n) is 0.573. The van der Waals surface area contributed by atoms with E-state index in [1.54, 1.807) is 0 Å². The molecule has 0 bridgehead atoms. The minimum atomic E-state index is -0.732. The summed E-state index contributed by atoms with van der Waals surface area (Å²) in [6, 6.07) is 1.09. The Labute approximate surface area is 60.5 Å². The second kappa shape index (κ2) is 2.82.